The van der Waals surface area contributed by atoms with E-state index in [1.807, 2.05) is 0 Å². The fourth-order valence-electron chi connectivity index (χ4n) is 3.16. The minimum Gasteiger partial charge on any atom is -0.399 e. The molecule has 0 aliphatic carbocycles. The topological polar surface area (TPSA) is 110 Å². The highest BCUT2D eigenvalue weighted by atomic mass is 35.5. The average Bonchev–Trinajstić information content (AvgIpc) is 2.83. The number of alkyl halides is 3. The van der Waals surface area contributed by atoms with Crippen LogP contribution in [0.15, 0.2) is 77.4 Å². The van der Waals surface area contributed by atoms with Crippen LogP contribution in [0, 0.1) is 6.92 Å². The third-order valence-electron chi connectivity index (χ3n) is 4.84. The molecule has 3 rings (SSSR count). The minimum atomic E-state index is -4.85. The van der Waals surface area contributed by atoms with E-state index in [1.54, 1.807) is 31.2 Å². The molecule has 2 N–H and O–H groups in total. The maximum Gasteiger partial charge on any atom is 0.417 e. The van der Waals surface area contributed by atoms with Crippen molar-refractivity contribution < 1.29 is 31.2 Å². The number of nitrogens with zero attached hydrogens (tertiary/aromatic N) is 2. The molecule has 13 heteroatoms. The quantitative estimate of drug-likeness (QED) is 0.221. The van der Waals surface area contributed by atoms with Crippen LogP contribution in [0.5, 0.6) is 0 Å². The Balaban J connectivity index is 2.05. The summed E-state index contributed by atoms with van der Waals surface area (Å²) in [6, 6.07) is 10.1. The first kappa shape index (κ1) is 27.7. The van der Waals surface area contributed by atoms with Gasteiger partial charge in [0.2, 0.25) is 5.91 Å². The van der Waals surface area contributed by atoms with Gasteiger partial charge in [-0.05, 0) is 55.0 Å². The SMILES string of the molecule is C=CC(=O)Nc1ccc(/C(=N/OC)c2ncc(C)cc2NS(=O)(=O)c2ccc(Cl)c(C(F)(F)F)c2)cc1. The summed E-state index contributed by atoms with van der Waals surface area (Å²) >= 11 is 5.63. The Labute approximate surface area is 215 Å². The monoisotopic (exact) mass is 552 g/mol. The van der Waals surface area contributed by atoms with Gasteiger partial charge < -0.3 is 10.2 Å². The van der Waals surface area contributed by atoms with Gasteiger partial charge in [0.05, 0.1) is 21.2 Å². The maximum atomic E-state index is 13.3. The van der Waals surface area contributed by atoms with Crippen molar-refractivity contribution in [3.05, 3.63) is 94.8 Å². The summed E-state index contributed by atoms with van der Waals surface area (Å²) in [4.78, 5) is 20.1. The normalized spacial score (nSPS) is 12.1. The molecule has 0 spiro atoms. The number of aryl methyl sites for hydroxylation is 1. The molecule has 2 aromatic carbocycles. The smallest absolute Gasteiger partial charge is 0.399 e. The summed E-state index contributed by atoms with van der Waals surface area (Å²) in [6.45, 7) is 5.04. The van der Waals surface area contributed by atoms with Crippen molar-refractivity contribution >= 4 is 44.6 Å². The molecular formula is C24H20ClF3N4O4S. The van der Waals surface area contributed by atoms with E-state index in [4.69, 9.17) is 16.4 Å². The van der Waals surface area contributed by atoms with E-state index in [1.165, 1.54) is 19.4 Å². The Bertz CT molecular complexity index is 1470. The van der Waals surface area contributed by atoms with Gasteiger partial charge in [-0.2, -0.15) is 13.2 Å². The number of hydrogen-bond donors (Lipinski definition) is 2. The van der Waals surface area contributed by atoms with Crippen LogP contribution in [0.4, 0.5) is 24.5 Å². The second-order valence-corrected chi connectivity index (χ2v) is 9.64. The third kappa shape index (κ3) is 6.66. The van der Waals surface area contributed by atoms with Gasteiger partial charge >= 0.3 is 6.18 Å². The van der Waals surface area contributed by atoms with E-state index >= 15 is 0 Å². The molecule has 0 bridgehead atoms. The van der Waals surface area contributed by atoms with Gasteiger partial charge in [0.1, 0.15) is 18.5 Å². The van der Waals surface area contributed by atoms with Gasteiger partial charge in [-0.3, -0.25) is 14.5 Å². The molecule has 0 aliphatic heterocycles. The third-order valence-corrected chi connectivity index (χ3v) is 6.53. The zero-order valence-corrected chi connectivity index (χ0v) is 21.0. The summed E-state index contributed by atoms with van der Waals surface area (Å²) in [7, 11) is -3.23. The van der Waals surface area contributed by atoms with Crippen LogP contribution in [0.25, 0.3) is 0 Å². The van der Waals surface area contributed by atoms with Gasteiger partial charge in [0, 0.05) is 17.4 Å². The maximum absolute atomic E-state index is 13.3. The molecule has 1 aromatic heterocycles. The van der Waals surface area contributed by atoms with Crippen molar-refractivity contribution in [1.82, 2.24) is 4.98 Å². The summed E-state index contributed by atoms with van der Waals surface area (Å²) < 4.78 is 68.3. The number of sulfonamides is 1. The Morgan fingerprint density at radius 1 is 1.16 bits per heavy atom. The highest BCUT2D eigenvalue weighted by molar-refractivity contribution is 7.92. The Hall–Kier alpha value is -3.90. The molecule has 8 nitrogen and oxygen atoms in total. The molecule has 0 fully saturated rings. The number of benzene rings is 2. The first-order valence-electron chi connectivity index (χ1n) is 10.4. The van der Waals surface area contributed by atoms with E-state index in [0.717, 1.165) is 18.2 Å². The molecular weight excluding hydrogens is 533 g/mol. The number of hydrogen-bond acceptors (Lipinski definition) is 6. The summed E-state index contributed by atoms with van der Waals surface area (Å²) in [6.07, 6.45) is -2.28. The van der Waals surface area contributed by atoms with Crippen molar-refractivity contribution in [2.45, 2.75) is 18.0 Å². The van der Waals surface area contributed by atoms with Crippen LogP contribution in [0.2, 0.25) is 5.02 Å². The molecule has 37 heavy (non-hydrogen) atoms. The number of anilines is 2. The second-order valence-electron chi connectivity index (χ2n) is 7.55. The predicted octanol–water partition coefficient (Wildman–Crippen LogP) is 5.39. The van der Waals surface area contributed by atoms with Crippen molar-refractivity contribution in [3.8, 4) is 0 Å². The Kier molecular flexibility index (Phi) is 8.24. The number of nitrogens with one attached hydrogen (secondary N) is 2. The molecule has 0 unspecified atom stereocenters. The van der Waals surface area contributed by atoms with Crippen LogP contribution in [0.1, 0.15) is 22.4 Å². The van der Waals surface area contributed by atoms with E-state index in [-0.39, 0.29) is 17.1 Å². The van der Waals surface area contributed by atoms with E-state index < -0.39 is 37.6 Å². The van der Waals surface area contributed by atoms with Crippen LogP contribution in [-0.4, -0.2) is 32.1 Å². The average molecular weight is 553 g/mol. The number of oxime groups is 1. The molecule has 194 valence electrons. The highest BCUT2D eigenvalue weighted by Gasteiger charge is 2.34. The van der Waals surface area contributed by atoms with Crippen molar-refractivity contribution in [3.63, 3.8) is 0 Å². The van der Waals surface area contributed by atoms with E-state index in [9.17, 15) is 26.4 Å². The molecule has 0 aliphatic rings. The van der Waals surface area contributed by atoms with Crippen molar-refractivity contribution in [2.24, 2.45) is 5.16 Å². The predicted molar refractivity (Wildman–Crippen MR) is 134 cm³/mol. The number of amides is 1. The van der Waals surface area contributed by atoms with Gasteiger partial charge in [0.25, 0.3) is 10.0 Å². The van der Waals surface area contributed by atoms with Crippen LogP contribution < -0.4 is 10.0 Å². The summed E-state index contributed by atoms with van der Waals surface area (Å²) in [5.74, 6) is -0.411. The number of pyridine rings is 1. The van der Waals surface area contributed by atoms with Crippen LogP contribution in [0.3, 0.4) is 0 Å². The van der Waals surface area contributed by atoms with Gasteiger partial charge in [-0.1, -0.05) is 35.5 Å². The highest BCUT2D eigenvalue weighted by Crippen LogP contribution is 2.36. The minimum absolute atomic E-state index is 0.0453. The standard InChI is InChI=1S/C24H20ClF3N4O4S/c1-4-21(33)30-16-7-5-15(6-8-16)22(31-36-3)23-20(11-14(2)13-29-23)32-37(34,35)17-9-10-19(25)18(12-17)24(26,27)28/h4-13,32H,1H2,2-3H3,(H,30,33)/b31-22-. The number of rotatable bonds is 8. The Morgan fingerprint density at radius 3 is 2.43 bits per heavy atom. The lowest BCUT2D eigenvalue weighted by Crippen LogP contribution is -2.18. The largest absolute Gasteiger partial charge is 0.417 e. The van der Waals surface area contributed by atoms with Gasteiger partial charge in [-0.15, -0.1) is 0 Å². The van der Waals surface area contributed by atoms with E-state index in [0.29, 0.717) is 22.9 Å². The zero-order chi connectivity index (χ0) is 27.4. The van der Waals surface area contributed by atoms with Crippen LogP contribution in [-0.2, 0) is 25.8 Å². The lowest BCUT2D eigenvalue weighted by atomic mass is 10.0. The molecule has 0 saturated heterocycles. The molecule has 1 amide bonds. The number of carbonyl (C=O) groups is 1. The van der Waals surface area contributed by atoms with Crippen molar-refractivity contribution in [1.29, 1.82) is 0 Å². The number of carbonyl (C=O) groups excluding carboxylic acids is 1. The fraction of sp³-hybridized carbons (Fsp3) is 0.125. The molecule has 0 saturated carbocycles. The van der Waals surface area contributed by atoms with Crippen molar-refractivity contribution in [2.75, 3.05) is 17.1 Å². The molecule has 3 aromatic rings. The van der Waals surface area contributed by atoms with Gasteiger partial charge in [-0.25, -0.2) is 8.42 Å². The molecule has 1 heterocycles. The molecule has 0 radical (unpaired) electrons. The van der Waals surface area contributed by atoms with Gasteiger partial charge in [0.15, 0.2) is 0 Å². The lowest BCUT2D eigenvalue weighted by molar-refractivity contribution is -0.137. The van der Waals surface area contributed by atoms with Crippen LogP contribution >= 0.6 is 11.6 Å². The Morgan fingerprint density at radius 2 is 1.84 bits per heavy atom. The lowest BCUT2D eigenvalue weighted by Gasteiger charge is -2.16. The molecule has 0 atom stereocenters. The van der Waals surface area contributed by atoms with E-state index in [2.05, 4.69) is 26.8 Å². The first-order valence-corrected chi connectivity index (χ1v) is 12.2. The number of halogens is 4. The fourth-order valence-corrected chi connectivity index (χ4v) is 4.46. The first-order chi connectivity index (χ1) is 17.4. The zero-order valence-electron chi connectivity index (χ0n) is 19.4. The number of aromatic nitrogens is 1. The summed E-state index contributed by atoms with van der Waals surface area (Å²) in [5, 5.41) is 5.93. The second kappa shape index (κ2) is 11.0. The summed E-state index contributed by atoms with van der Waals surface area (Å²) in [5.41, 5.74) is 0.298.